The Labute approximate surface area is 189 Å². The number of fused-ring (bicyclic) bond motifs is 1. The summed E-state index contributed by atoms with van der Waals surface area (Å²) in [4.78, 5) is 13.0. The number of pyridine rings is 1. The Morgan fingerprint density at radius 3 is 2.61 bits per heavy atom. The van der Waals surface area contributed by atoms with Crippen LogP contribution in [0.2, 0.25) is 0 Å². The lowest BCUT2D eigenvalue weighted by molar-refractivity contribution is -0.137. The monoisotopic (exact) mass is 462 g/mol. The number of halogens is 3. The first-order valence-electron chi connectivity index (χ1n) is 10.6. The van der Waals surface area contributed by atoms with Crippen LogP contribution in [0.15, 0.2) is 30.5 Å². The average Bonchev–Trinajstić information content (AvgIpc) is 3.60. The Morgan fingerprint density at radius 2 is 1.91 bits per heavy atom. The van der Waals surface area contributed by atoms with Crippen molar-refractivity contribution < 1.29 is 27.4 Å². The van der Waals surface area contributed by atoms with E-state index in [1.54, 1.807) is 33.1 Å². The first-order chi connectivity index (χ1) is 15.7. The third kappa shape index (κ3) is 5.62. The van der Waals surface area contributed by atoms with Crippen molar-refractivity contribution >= 4 is 16.7 Å². The van der Waals surface area contributed by atoms with Gasteiger partial charge in [0.15, 0.2) is 11.5 Å². The molecule has 1 atom stereocenters. The maximum Gasteiger partial charge on any atom is 0.416 e. The van der Waals surface area contributed by atoms with Crippen molar-refractivity contribution in [1.82, 2.24) is 15.0 Å². The topological polar surface area (TPSA) is 78.4 Å². The molecule has 1 N–H and O–H groups in total. The van der Waals surface area contributed by atoms with Crippen LogP contribution in [0.1, 0.15) is 42.9 Å². The standard InChI is InChI=1S/C23H25F3N4O3/c1-13(18-10-15(6-7-27-18)23(24,25)26)28-22-17-11-21(33-9-8-32-16-4-5-16)20(31-3)12-19(17)29-14(2)30-22/h6-7,10-13,16H,4-5,8-9H2,1-3H3,(H,28,29,30). The molecule has 7 nitrogen and oxygen atoms in total. The van der Waals surface area contributed by atoms with Crippen molar-refractivity contribution in [2.75, 3.05) is 25.6 Å². The fourth-order valence-corrected chi connectivity index (χ4v) is 3.38. The molecule has 0 radical (unpaired) electrons. The minimum absolute atomic E-state index is 0.247. The maximum absolute atomic E-state index is 13.1. The van der Waals surface area contributed by atoms with Crippen LogP contribution in [0, 0.1) is 6.92 Å². The van der Waals surface area contributed by atoms with Crippen LogP contribution in [-0.2, 0) is 10.9 Å². The molecular weight excluding hydrogens is 437 g/mol. The van der Waals surface area contributed by atoms with Gasteiger partial charge in [-0.15, -0.1) is 0 Å². The van der Waals surface area contributed by atoms with Gasteiger partial charge in [-0.05, 0) is 44.9 Å². The van der Waals surface area contributed by atoms with E-state index in [4.69, 9.17) is 14.2 Å². The second kappa shape index (κ2) is 9.38. The van der Waals surface area contributed by atoms with Crippen molar-refractivity contribution in [2.45, 2.75) is 45.0 Å². The quantitative estimate of drug-likeness (QED) is 0.444. The molecular formula is C23H25F3N4O3. The summed E-state index contributed by atoms with van der Waals surface area (Å²) in [7, 11) is 1.54. The maximum atomic E-state index is 13.1. The molecule has 1 unspecified atom stereocenters. The highest BCUT2D eigenvalue weighted by Gasteiger charge is 2.31. The molecule has 3 aromatic rings. The molecule has 2 aromatic heterocycles. The fraction of sp³-hybridized carbons (Fsp3) is 0.435. The van der Waals surface area contributed by atoms with Gasteiger partial charge in [0.05, 0.1) is 42.6 Å². The Kier molecular flexibility index (Phi) is 6.55. The molecule has 0 saturated heterocycles. The van der Waals surface area contributed by atoms with Gasteiger partial charge in [-0.3, -0.25) is 4.98 Å². The zero-order valence-corrected chi connectivity index (χ0v) is 18.6. The molecule has 1 aliphatic carbocycles. The Balaban J connectivity index is 1.61. The van der Waals surface area contributed by atoms with Gasteiger partial charge < -0.3 is 19.5 Å². The van der Waals surface area contributed by atoms with Crippen LogP contribution in [0.5, 0.6) is 11.5 Å². The number of rotatable bonds is 9. The van der Waals surface area contributed by atoms with Crippen molar-refractivity contribution in [3.63, 3.8) is 0 Å². The second-order valence-electron chi connectivity index (χ2n) is 7.89. The zero-order valence-electron chi connectivity index (χ0n) is 18.6. The smallest absolute Gasteiger partial charge is 0.416 e. The van der Waals surface area contributed by atoms with Gasteiger partial charge in [-0.2, -0.15) is 13.2 Å². The number of aromatic nitrogens is 3. The lowest BCUT2D eigenvalue weighted by Crippen LogP contribution is -2.13. The van der Waals surface area contributed by atoms with Crippen LogP contribution in [0.25, 0.3) is 10.9 Å². The highest BCUT2D eigenvalue weighted by Crippen LogP contribution is 2.36. The van der Waals surface area contributed by atoms with E-state index < -0.39 is 17.8 Å². The van der Waals surface area contributed by atoms with E-state index in [1.165, 1.54) is 0 Å². The highest BCUT2D eigenvalue weighted by molar-refractivity contribution is 5.92. The largest absolute Gasteiger partial charge is 0.493 e. The molecule has 4 rings (SSSR count). The van der Waals surface area contributed by atoms with Crippen LogP contribution in [0.4, 0.5) is 19.0 Å². The third-order valence-electron chi connectivity index (χ3n) is 5.22. The first kappa shape index (κ1) is 23.0. The molecule has 0 amide bonds. The van der Waals surface area contributed by atoms with E-state index in [2.05, 4.69) is 20.3 Å². The van der Waals surface area contributed by atoms with Gasteiger partial charge in [0.25, 0.3) is 0 Å². The van der Waals surface area contributed by atoms with Gasteiger partial charge in [-0.25, -0.2) is 9.97 Å². The summed E-state index contributed by atoms with van der Waals surface area (Å²) in [6, 6.07) is 4.95. The number of alkyl halides is 3. The number of nitrogens with zero attached hydrogens (tertiary/aromatic N) is 3. The molecule has 1 aliphatic rings. The first-order valence-corrected chi connectivity index (χ1v) is 10.6. The summed E-state index contributed by atoms with van der Waals surface area (Å²) < 4.78 is 56.3. The van der Waals surface area contributed by atoms with Crippen molar-refractivity contribution in [1.29, 1.82) is 0 Å². The molecule has 1 aromatic carbocycles. The van der Waals surface area contributed by atoms with Crippen molar-refractivity contribution in [3.8, 4) is 11.5 Å². The van der Waals surface area contributed by atoms with Crippen LogP contribution >= 0.6 is 0 Å². The summed E-state index contributed by atoms with van der Waals surface area (Å²) in [5.74, 6) is 1.99. The fourth-order valence-electron chi connectivity index (χ4n) is 3.38. The van der Waals surface area contributed by atoms with Gasteiger partial charge in [0.1, 0.15) is 18.2 Å². The summed E-state index contributed by atoms with van der Waals surface area (Å²) in [5, 5.41) is 3.83. The molecule has 0 aliphatic heterocycles. The number of benzene rings is 1. The minimum atomic E-state index is -4.44. The summed E-state index contributed by atoms with van der Waals surface area (Å²) in [6.07, 6.45) is -0.777. The summed E-state index contributed by atoms with van der Waals surface area (Å²) >= 11 is 0. The van der Waals surface area contributed by atoms with E-state index in [-0.39, 0.29) is 5.69 Å². The van der Waals surface area contributed by atoms with E-state index in [0.717, 1.165) is 31.2 Å². The van der Waals surface area contributed by atoms with E-state index >= 15 is 0 Å². The normalized spacial score (nSPS) is 14.8. The molecule has 10 heteroatoms. The minimum Gasteiger partial charge on any atom is -0.493 e. The molecule has 1 saturated carbocycles. The number of ether oxygens (including phenoxy) is 3. The van der Waals surface area contributed by atoms with Crippen LogP contribution in [0.3, 0.4) is 0 Å². The third-order valence-corrected chi connectivity index (χ3v) is 5.22. The van der Waals surface area contributed by atoms with Gasteiger partial charge in [0.2, 0.25) is 0 Å². The van der Waals surface area contributed by atoms with E-state index in [9.17, 15) is 13.2 Å². The lowest BCUT2D eigenvalue weighted by atomic mass is 10.1. The molecule has 0 bridgehead atoms. The van der Waals surface area contributed by atoms with Crippen LogP contribution < -0.4 is 14.8 Å². The molecule has 2 heterocycles. The number of anilines is 1. The Bertz CT molecular complexity index is 1140. The van der Waals surface area contributed by atoms with Gasteiger partial charge >= 0.3 is 6.18 Å². The number of methoxy groups -OCH3 is 1. The molecule has 176 valence electrons. The van der Waals surface area contributed by atoms with Gasteiger partial charge in [-0.1, -0.05) is 0 Å². The summed E-state index contributed by atoms with van der Waals surface area (Å²) in [5.41, 5.74) is 0.114. The lowest BCUT2D eigenvalue weighted by Gasteiger charge is -2.18. The van der Waals surface area contributed by atoms with Gasteiger partial charge in [0, 0.05) is 17.6 Å². The predicted molar refractivity (Wildman–Crippen MR) is 117 cm³/mol. The SMILES string of the molecule is COc1cc2nc(C)nc(NC(C)c3cc(C(F)(F)F)ccn3)c2cc1OCCOC1CC1. The average molecular weight is 462 g/mol. The van der Waals surface area contributed by atoms with Crippen molar-refractivity contribution in [2.24, 2.45) is 0 Å². The van der Waals surface area contributed by atoms with Crippen LogP contribution in [-0.4, -0.2) is 41.4 Å². The Morgan fingerprint density at radius 1 is 1.12 bits per heavy atom. The van der Waals surface area contributed by atoms with E-state index in [1.807, 2.05) is 0 Å². The second-order valence-corrected chi connectivity index (χ2v) is 7.89. The zero-order chi connectivity index (χ0) is 23.6. The summed E-state index contributed by atoms with van der Waals surface area (Å²) in [6.45, 7) is 4.30. The predicted octanol–water partition coefficient (Wildman–Crippen LogP) is 5.09. The number of nitrogens with one attached hydrogen (secondary N) is 1. The number of hydrogen-bond donors (Lipinski definition) is 1. The molecule has 1 fully saturated rings. The molecule has 0 spiro atoms. The Hall–Kier alpha value is -3.14. The molecule has 33 heavy (non-hydrogen) atoms. The van der Waals surface area contributed by atoms with Crippen molar-refractivity contribution in [3.05, 3.63) is 47.5 Å². The number of hydrogen-bond acceptors (Lipinski definition) is 7. The highest BCUT2D eigenvalue weighted by atomic mass is 19.4. The van der Waals surface area contributed by atoms with E-state index in [0.29, 0.717) is 53.4 Å². The number of aryl methyl sites for hydroxylation is 1.